The second kappa shape index (κ2) is 6.24. The van der Waals surface area contributed by atoms with Crippen LogP contribution in [0.3, 0.4) is 0 Å². The van der Waals surface area contributed by atoms with Gasteiger partial charge in [-0.3, -0.25) is 4.79 Å². The lowest BCUT2D eigenvalue weighted by atomic mass is 10.3. The van der Waals surface area contributed by atoms with Gasteiger partial charge in [-0.15, -0.1) is 22.7 Å². The molecule has 2 aromatic heterocycles. The summed E-state index contributed by atoms with van der Waals surface area (Å²) in [7, 11) is 0. The highest BCUT2D eigenvalue weighted by Gasteiger charge is 2.14. The molecule has 20 heavy (non-hydrogen) atoms. The first-order valence-electron chi connectivity index (χ1n) is 7.29. The van der Waals surface area contributed by atoms with Crippen LogP contribution in [0.5, 0.6) is 0 Å². The number of carbonyl (C=O) groups is 1. The predicted octanol–water partition coefficient (Wildman–Crippen LogP) is 3.35. The van der Waals surface area contributed by atoms with Crippen molar-refractivity contribution in [2.45, 2.75) is 26.2 Å². The van der Waals surface area contributed by atoms with Crippen LogP contribution in [0.15, 0.2) is 12.1 Å². The number of rotatable bonds is 5. The summed E-state index contributed by atoms with van der Waals surface area (Å²) < 4.78 is 1.27. The Hall–Kier alpha value is -0.910. The Morgan fingerprint density at radius 2 is 2.10 bits per heavy atom. The molecule has 0 unspecified atom stereocenters. The first-order chi connectivity index (χ1) is 9.76. The fraction of sp³-hybridized carbons (Fsp3) is 0.533. The molecule has 1 fully saturated rings. The molecule has 3 heterocycles. The SMILES string of the molecule is CCc1cc2cc(C(=O)NCCN3CCCC3)sc2s1. The largest absolute Gasteiger partial charge is 0.350 e. The molecule has 0 saturated carbocycles. The highest BCUT2D eigenvalue weighted by Crippen LogP contribution is 2.33. The Kier molecular flexibility index (Phi) is 4.38. The van der Waals surface area contributed by atoms with Gasteiger partial charge < -0.3 is 10.2 Å². The summed E-state index contributed by atoms with van der Waals surface area (Å²) in [5.74, 6) is 0.0793. The topological polar surface area (TPSA) is 32.3 Å². The molecule has 0 aliphatic carbocycles. The van der Waals surface area contributed by atoms with Crippen molar-refractivity contribution >= 4 is 38.0 Å². The van der Waals surface area contributed by atoms with Gasteiger partial charge in [0.25, 0.3) is 5.91 Å². The molecule has 1 aliphatic rings. The number of fused-ring (bicyclic) bond motifs is 1. The summed E-state index contributed by atoms with van der Waals surface area (Å²) in [6.45, 7) is 6.27. The van der Waals surface area contributed by atoms with E-state index in [-0.39, 0.29) is 5.91 Å². The van der Waals surface area contributed by atoms with Crippen molar-refractivity contribution in [3.63, 3.8) is 0 Å². The average Bonchev–Trinajstić information content (AvgIpc) is 3.13. The molecule has 1 aliphatic heterocycles. The highest BCUT2D eigenvalue weighted by atomic mass is 32.2. The highest BCUT2D eigenvalue weighted by molar-refractivity contribution is 7.39. The lowest BCUT2D eigenvalue weighted by Crippen LogP contribution is -2.33. The van der Waals surface area contributed by atoms with Gasteiger partial charge in [-0.1, -0.05) is 6.92 Å². The second-order valence-electron chi connectivity index (χ2n) is 5.22. The van der Waals surface area contributed by atoms with Crippen molar-refractivity contribution in [3.05, 3.63) is 21.9 Å². The maximum atomic E-state index is 12.1. The van der Waals surface area contributed by atoms with Crippen molar-refractivity contribution in [2.75, 3.05) is 26.2 Å². The number of likely N-dealkylation sites (tertiary alicyclic amines) is 1. The molecule has 0 bridgehead atoms. The third-order valence-electron chi connectivity index (χ3n) is 3.75. The van der Waals surface area contributed by atoms with Crippen LogP contribution in [0.25, 0.3) is 9.40 Å². The van der Waals surface area contributed by atoms with E-state index in [1.165, 1.54) is 40.2 Å². The third kappa shape index (κ3) is 3.05. The van der Waals surface area contributed by atoms with E-state index in [2.05, 4.69) is 23.2 Å². The molecule has 0 radical (unpaired) electrons. The van der Waals surface area contributed by atoms with Crippen molar-refractivity contribution < 1.29 is 4.79 Å². The molecule has 5 heteroatoms. The molecule has 0 spiro atoms. The third-order valence-corrected chi connectivity index (χ3v) is 6.28. The molecule has 2 aromatic rings. The first kappa shape index (κ1) is 14.0. The second-order valence-corrected chi connectivity index (χ2v) is 7.67. The normalized spacial score (nSPS) is 16.1. The number of carbonyl (C=O) groups excluding carboxylic acids is 1. The van der Waals surface area contributed by atoms with Crippen molar-refractivity contribution in [3.8, 4) is 0 Å². The predicted molar refractivity (Wildman–Crippen MR) is 87.1 cm³/mol. The molecule has 1 saturated heterocycles. The van der Waals surface area contributed by atoms with E-state index in [1.54, 1.807) is 11.3 Å². The zero-order valence-corrected chi connectivity index (χ0v) is 13.4. The Balaban J connectivity index is 1.56. The maximum absolute atomic E-state index is 12.1. The van der Waals surface area contributed by atoms with Crippen LogP contribution in [-0.2, 0) is 6.42 Å². The summed E-state index contributed by atoms with van der Waals surface area (Å²) in [6.07, 6.45) is 3.67. The molecular weight excluding hydrogens is 288 g/mol. The van der Waals surface area contributed by atoms with Crippen LogP contribution in [0.1, 0.15) is 34.3 Å². The standard InChI is InChI=1S/C15H20N2OS2/c1-2-12-9-11-10-13(20-15(11)19-12)14(18)16-5-8-17-6-3-4-7-17/h9-10H,2-8H2,1H3,(H,16,18). The number of hydrogen-bond acceptors (Lipinski definition) is 4. The van der Waals surface area contributed by atoms with Gasteiger partial charge in [0, 0.05) is 23.4 Å². The van der Waals surface area contributed by atoms with E-state index in [9.17, 15) is 4.79 Å². The Morgan fingerprint density at radius 1 is 1.30 bits per heavy atom. The van der Waals surface area contributed by atoms with Gasteiger partial charge in [0.1, 0.15) is 0 Å². The zero-order chi connectivity index (χ0) is 13.9. The van der Waals surface area contributed by atoms with Gasteiger partial charge in [0.2, 0.25) is 0 Å². The average molecular weight is 308 g/mol. The summed E-state index contributed by atoms with van der Waals surface area (Å²) in [4.78, 5) is 16.8. The monoisotopic (exact) mass is 308 g/mol. The smallest absolute Gasteiger partial charge is 0.261 e. The molecule has 3 rings (SSSR count). The molecular formula is C15H20N2OS2. The maximum Gasteiger partial charge on any atom is 0.261 e. The fourth-order valence-corrected chi connectivity index (χ4v) is 4.95. The fourth-order valence-electron chi connectivity index (χ4n) is 2.60. The lowest BCUT2D eigenvalue weighted by molar-refractivity contribution is 0.0954. The summed E-state index contributed by atoms with van der Waals surface area (Å²) in [5.41, 5.74) is 0. The molecule has 108 valence electrons. The van der Waals surface area contributed by atoms with Crippen molar-refractivity contribution in [1.29, 1.82) is 0 Å². The van der Waals surface area contributed by atoms with Crippen LogP contribution < -0.4 is 5.32 Å². The number of thiophene rings is 2. The lowest BCUT2D eigenvalue weighted by Gasteiger charge is -2.14. The minimum atomic E-state index is 0.0793. The zero-order valence-electron chi connectivity index (χ0n) is 11.8. The van der Waals surface area contributed by atoms with Crippen molar-refractivity contribution in [1.82, 2.24) is 10.2 Å². The van der Waals surface area contributed by atoms with Gasteiger partial charge in [-0.2, -0.15) is 0 Å². The van der Waals surface area contributed by atoms with Crippen LogP contribution >= 0.6 is 22.7 Å². The molecule has 0 atom stereocenters. The van der Waals surface area contributed by atoms with Crippen LogP contribution in [0, 0.1) is 0 Å². The Labute approximate surface area is 127 Å². The van der Waals surface area contributed by atoms with Gasteiger partial charge in [0.05, 0.1) is 8.89 Å². The molecule has 1 amide bonds. The Bertz CT molecular complexity index is 565. The van der Waals surface area contributed by atoms with E-state index in [0.717, 1.165) is 24.4 Å². The van der Waals surface area contributed by atoms with E-state index in [1.807, 2.05) is 17.4 Å². The summed E-state index contributed by atoms with van der Waals surface area (Å²) >= 11 is 3.43. The first-order valence-corrected chi connectivity index (χ1v) is 8.92. The number of amides is 1. The molecule has 0 aromatic carbocycles. The van der Waals surface area contributed by atoms with Crippen LogP contribution in [0.2, 0.25) is 0 Å². The van der Waals surface area contributed by atoms with E-state index < -0.39 is 0 Å². The summed E-state index contributed by atoms with van der Waals surface area (Å²) in [5, 5.41) is 4.26. The minimum Gasteiger partial charge on any atom is -0.350 e. The Morgan fingerprint density at radius 3 is 2.80 bits per heavy atom. The van der Waals surface area contributed by atoms with Gasteiger partial charge >= 0.3 is 0 Å². The molecule has 3 nitrogen and oxygen atoms in total. The van der Waals surface area contributed by atoms with E-state index >= 15 is 0 Å². The van der Waals surface area contributed by atoms with Crippen LogP contribution in [0.4, 0.5) is 0 Å². The minimum absolute atomic E-state index is 0.0793. The number of hydrogen-bond donors (Lipinski definition) is 1. The molecule has 1 N–H and O–H groups in total. The number of aryl methyl sites for hydroxylation is 1. The van der Waals surface area contributed by atoms with Gasteiger partial charge in [-0.25, -0.2) is 0 Å². The number of nitrogens with zero attached hydrogens (tertiary/aromatic N) is 1. The quantitative estimate of drug-likeness (QED) is 0.918. The van der Waals surface area contributed by atoms with E-state index in [4.69, 9.17) is 0 Å². The van der Waals surface area contributed by atoms with Crippen LogP contribution in [-0.4, -0.2) is 37.0 Å². The summed E-state index contributed by atoms with van der Waals surface area (Å²) in [6, 6.07) is 4.23. The van der Waals surface area contributed by atoms with E-state index in [0.29, 0.717) is 0 Å². The van der Waals surface area contributed by atoms with Gasteiger partial charge in [0.15, 0.2) is 0 Å². The van der Waals surface area contributed by atoms with Crippen molar-refractivity contribution in [2.24, 2.45) is 0 Å². The van der Waals surface area contributed by atoms with Gasteiger partial charge in [-0.05, 0) is 44.5 Å². The number of nitrogens with one attached hydrogen (secondary N) is 1.